The quantitative estimate of drug-likeness (QED) is 0.687. The third kappa shape index (κ3) is 4.61. The molecule has 5 rings (SSSR count). The highest BCUT2D eigenvalue weighted by Gasteiger charge is 2.34. The second-order valence-corrected chi connectivity index (χ2v) is 9.76. The zero-order valence-electron chi connectivity index (χ0n) is 19.8. The molecule has 3 saturated heterocycles. The first-order valence-corrected chi connectivity index (χ1v) is 12.7. The van der Waals surface area contributed by atoms with Crippen LogP contribution in [0.2, 0.25) is 0 Å². The van der Waals surface area contributed by atoms with E-state index in [0.717, 1.165) is 49.5 Å². The second kappa shape index (κ2) is 10.0. The van der Waals surface area contributed by atoms with Crippen LogP contribution >= 0.6 is 0 Å². The van der Waals surface area contributed by atoms with Crippen molar-refractivity contribution in [2.75, 3.05) is 52.4 Å². The van der Waals surface area contributed by atoms with Crippen molar-refractivity contribution in [3.63, 3.8) is 0 Å². The monoisotopic (exact) mass is 462 g/mol. The Morgan fingerprint density at radius 3 is 2.09 bits per heavy atom. The summed E-state index contributed by atoms with van der Waals surface area (Å²) in [5.74, 6) is -0.0382. The van der Waals surface area contributed by atoms with Crippen LogP contribution in [0.4, 0.5) is 4.79 Å². The van der Waals surface area contributed by atoms with Crippen molar-refractivity contribution in [3.05, 3.63) is 48.0 Å². The van der Waals surface area contributed by atoms with Gasteiger partial charge in [0.25, 0.3) is 5.91 Å². The Morgan fingerprint density at radius 2 is 1.29 bits per heavy atom. The van der Waals surface area contributed by atoms with Gasteiger partial charge in [0, 0.05) is 57.9 Å². The molecule has 0 radical (unpaired) electrons. The van der Waals surface area contributed by atoms with Gasteiger partial charge in [-0.25, -0.2) is 4.79 Å². The maximum absolute atomic E-state index is 13.4. The van der Waals surface area contributed by atoms with Crippen LogP contribution < -0.4 is 0 Å². The van der Waals surface area contributed by atoms with Gasteiger partial charge in [-0.3, -0.25) is 9.59 Å². The van der Waals surface area contributed by atoms with Gasteiger partial charge >= 0.3 is 6.03 Å². The van der Waals surface area contributed by atoms with Crippen molar-refractivity contribution in [2.24, 2.45) is 5.92 Å². The molecule has 3 aliphatic rings. The number of rotatable bonds is 2. The lowest BCUT2D eigenvalue weighted by Gasteiger charge is -2.40. The summed E-state index contributed by atoms with van der Waals surface area (Å²) in [5, 5.41) is 2.01. The molecule has 1 atom stereocenters. The molecule has 0 N–H and O–H groups in total. The molecule has 0 saturated carbocycles. The van der Waals surface area contributed by atoms with Gasteiger partial charge in [-0.05, 0) is 48.9 Å². The van der Waals surface area contributed by atoms with E-state index in [4.69, 9.17) is 0 Å². The number of fused-ring (bicyclic) bond motifs is 1. The van der Waals surface area contributed by atoms with Gasteiger partial charge in [0.2, 0.25) is 5.91 Å². The largest absolute Gasteiger partial charge is 0.339 e. The third-order valence-corrected chi connectivity index (χ3v) is 7.57. The first kappa shape index (κ1) is 22.7. The van der Waals surface area contributed by atoms with E-state index in [2.05, 4.69) is 0 Å². The molecule has 0 aliphatic carbocycles. The zero-order chi connectivity index (χ0) is 23.5. The molecule has 0 spiro atoms. The Hall–Kier alpha value is -3.09. The van der Waals surface area contributed by atoms with Crippen LogP contribution in [0.5, 0.6) is 0 Å². The minimum Gasteiger partial charge on any atom is -0.339 e. The number of piperidine rings is 2. The highest BCUT2D eigenvalue weighted by molar-refractivity contribution is 6.07. The lowest BCUT2D eigenvalue weighted by Crippen LogP contribution is -2.56. The number of amides is 4. The molecule has 4 amide bonds. The van der Waals surface area contributed by atoms with E-state index < -0.39 is 0 Å². The maximum atomic E-state index is 13.4. The fourth-order valence-corrected chi connectivity index (χ4v) is 5.61. The fourth-order valence-electron chi connectivity index (χ4n) is 5.61. The fraction of sp³-hybridized carbons (Fsp3) is 0.519. The van der Waals surface area contributed by atoms with Crippen molar-refractivity contribution in [1.29, 1.82) is 0 Å². The molecule has 7 nitrogen and oxygen atoms in total. The molecule has 180 valence electrons. The zero-order valence-corrected chi connectivity index (χ0v) is 19.8. The van der Waals surface area contributed by atoms with E-state index in [0.29, 0.717) is 44.8 Å². The van der Waals surface area contributed by atoms with Gasteiger partial charge in [-0.1, -0.05) is 36.4 Å². The topological polar surface area (TPSA) is 64.2 Å². The number of hydrogen-bond acceptors (Lipinski definition) is 3. The first-order chi connectivity index (χ1) is 16.6. The van der Waals surface area contributed by atoms with E-state index in [9.17, 15) is 14.4 Å². The summed E-state index contributed by atoms with van der Waals surface area (Å²) in [6.07, 6.45) is 5.01. The third-order valence-electron chi connectivity index (χ3n) is 7.57. The minimum absolute atomic E-state index is 0.00578. The van der Waals surface area contributed by atoms with Gasteiger partial charge in [0.15, 0.2) is 0 Å². The van der Waals surface area contributed by atoms with Crippen LogP contribution in [0.15, 0.2) is 42.5 Å². The van der Waals surface area contributed by atoms with Crippen LogP contribution in [0.3, 0.4) is 0 Å². The highest BCUT2D eigenvalue weighted by Crippen LogP contribution is 2.25. The van der Waals surface area contributed by atoms with E-state index in [1.165, 1.54) is 6.42 Å². The molecule has 0 aromatic heterocycles. The molecule has 3 heterocycles. The van der Waals surface area contributed by atoms with E-state index in [-0.39, 0.29) is 23.8 Å². The predicted octanol–water partition coefficient (Wildman–Crippen LogP) is 3.44. The van der Waals surface area contributed by atoms with Crippen molar-refractivity contribution >= 4 is 28.6 Å². The highest BCUT2D eigenvalue weighted by atomic mass is 16.2. The summed E-state index contributed by atoms with van der Waals surface area (Å²) >= 11 is 0. The maximum Gasteiger partial charge on any atom is 0.320 e. The average Bonchev–Trinajstić information content (AvgIpc) is 2.92. The number of urea groups is 1. The SMILES string of the molecule is O=C(c1cccc2ccccc12)N1CCCC(C(=O)N2CCN(C(=O)N3CCCCC3)CC2)C1. The van der Waals surface area contributed by atoms with Gasteiger partial charge < -0.3 is 19.6 Å². The van der Waals surface area contributed by atoms with Crippen LogP contribution in [0.1, 0.15) is 42.5 Å². The lowest BCUT2D eigenvalue weighted by molar-refractivity contribution is -0.138. The minimum atomic E-state index is -0.169. The van der Waals surface area contributed by atoms with Crippen molar-refractivity contribution in [3.8, 4) is 0 Å². The summed E-state index contributed by atoms with van der Waals surface area (Å²) < 4.78 is 0. The number of hydrogen-bond donors (Lipinski definition) is 0. The molecule has 2 aromatic rings. The van der Waals surface area contributed by atoms with Gasteiger partial charge in [0.1, 0.15) is 0 Å². The van der Waals surface area contributed by atoms with E-state index in [1.807, 2.05) is 62.1 Å². The number of benzene rings is 2. The second-order valence-electron chi connectivity index (χ2n) is 9.76. The standard InChI is InChI=1S/C27H34N4O3/c32-25(28-16-18-30(19-17-28)27(34)29-13-4-1-5-14-29)22-10-7-15-31(20-22)26(33)24-12-6-9-21-8-2-3-11-23(21)24/h2-3,6,8-9,11-12,22H,1,4-5,7,10,13-20H2. The smallest absolute Gasteiger partial charge is 0.320 e. The van der Waals surface area contributed by atoms with Gasteiger partial charge in [-0.2, -0.15) is 0 Å². The van der Waals surface area contributed by atoms with E-state index >= 15 is 0 Å². The first-order valence-electron chi connectivity index (χ1n) is 12.7. The number of carbonyl (C=O) groups excluding carboxylic acids is 3. The van der Waals surface area contributed by atoms with Crippen molar-refractivity contribution in [2.45, 2.75) is 32.1 Å². The number of piperazine rings is 1. The number of likely N-dealkylation sites (tertiary alicyclic amines) is 2. The summed E-state index contributed by atoms with van der Waals surface area (Å²) in [4.78, 5) is 47.1. The average molecular weight is 463 g/mol. The van der Waals surface area contributed by atoms with E-state index in [1.54, 1.807) is 0 Å². The Bertz CT molecular complexity index is 1050. The normalized spacial score (nSPS) is 21.6. The summed E-state index contributed by atoms with van der Waals surface area (Å²) in [6, 6.07) is 13.9. The number of nitrogens with zero attached hydrogens (tertiary/aromatic N) is 4. The summed E-state index contributed by atoms with van der Waals surface area (Å²) in [6.45, 7) is 5.18. The lowest BCUT2D eigenvalue weighted by atomic mass is 9.95. The molecule has 3 fully saturated rings. The Morgan fingerprint density at radius 1 is 0.647 bits per heavy atom. The van der Waals surface area contributed by atoms with Crippen LogP contribution in [-0.4, -0.2) is 89.8 Å². The van der Waals surface area contributed by atoms with Crippen molar-refractivity contribution in [1.82, 2.24) is 19.6 Å². The van der Waals surface area contributed by atoms with Crippen LogP contribution in [-0.2, 0) is 4.79 Å². The molecule has 0 bridgehead atoms. The van der Waals surface area contributed by atoms with Gasteiger partial charge in [-0.15, -0.1) is 0 Å². The van der Waals surface area contributed by atoms with Crippen LogP contribution in [0.25, 0.3) is 10.8 Å². The number of carbonyl (C=O) groups is 3. The van der Waals surface area contributed by atoms with Crippen molar-refractivity contribution < 1.29 is 14.4 Å². The molecule has 34 heavy (non-hydrogen) atoms. The molecular formula is C27H34N4O3. The molecular weight excluding hydrogens is 428 g/mol. The Kier molecular flexibility index (Phi) is 6.70. The summed E-state index contributed by atoms with van der Waals surface area (Å²) in [7, 11) is 0. The molecule has 7 heteroatoms. The molecule has 3 aliphatic heterocycles. The molecule has 1 unspecified atom stereocenters. The van der Waals surface area contributed by atoms with Gasteiger partial charge in [0.05, 0.1) is 5.92 Å². The summed E-state index contributed by atoms with van der Waals surface area (Å²) in [5.41, 5.74) is 0.705. The molecule has 2 aromatic carbocycles. The van der Waals surface area contributed by atoms with Crippen LogP contribution in [0, 0.1) is 5.92 Å². The Labute approximate surface area is 201 Å². The Balaban J connectivity index is 1.19. The predicted molar refractivity (Wildman–Crippen MR) is 132 cm³/mol.